The molecule has 1 heterocycles. The highest BCUT2D eigenvalue weighted by Gasteiger charge is 2.46. The molecular weight excluding hydrogens is 427 g/mol. The Morgan fingerprint density at radius 1 is 1.28 bits per heavy atom. The molecule has 1 saturated carbocycles. The highest BCUT2D eigenvalue weighted by molar-refractivity contribution is 7.09. The fraction of sp³-hybridized carbons (Fsp3) is 0.840. The topological polar surface area (TPSA) is 71.1 Å². The van der Waals surface area contributed by atoms with Gasteiger partial charge < -0.3 is 18.7 Å². The first-order valence-electron chi connectivity index (χ1n) is 12.2. The van der Waals surface area contributed by atoms with Crippen molar-refractivity contribution in [3.63, 3.8) is 0 Å². The largest absolute Gasteiger partial charge is 0.469 e. The Kier molecular flexibility index (Phi) is 11.8. The summed E-state index contributed by atoms with van der Waals surface area (Å²) in [5.41, 5.74) is 0. The Morgan fingerprint density at radius 2 is 2.00 bits per heavy atom. The molecule has 1 saturated heterocycles. The monoisotopic (exact) mass is 470 g/mol. The van der Waals surface area contributed by atoms with Gasteiger partial charge in [-0.15, -0.1) is 0 Å². The molecule has 5 unspecified atom stereocenters. The summed E-state index contributed by atoms with van der Waals surface area (Å²) in [5.74, 6) is 0.213. The lowest BCUT2D eigenvalue weighted by Crippen LogP contribution is -2.39. The molecule has 1 aliphatic heterocycles. The molecule has 1 aliphatic carbocycles. The first-order chi connectivity index (χ1) is 15.4. The lowest BCUT2D eigenvalue weighted by molar-refractivity contribution is -0.201. The van der Waals surface area contributed by atoms with E-state index in [1.54, 1.807) is 0 Å². The third-order valence-corrected chi connectivity index (χ3v) is 7.52. The van der Waals surface area contributed by atoms with Gasteiger partial charge in [0.1, 0.15) is 5.78 Å². The van der Waals surface area contributed by atoms with Gasteiger partial charge in [0.15, 0.2) is 5.79 Å². The quantitative estimate of drug-likeness (QED) is 0.196. The van der Waals surface area contributed by atoms with Gasteiger partial charge in [0, 0.05) is 40.6 Å². The minimum absolute atomic E-state index is 0.0443. The second-order valence-electron chi connectivity index (χ2n) is 9.53. The van der Waals surface area contributed by atoms with Crippen molar-refractivity contribution in [2.75, 3.05) is 20.3 Å². The van der Waals surface area contributed by atoms with Crippen LogP contribution in [0.15, 0.2) is 12.2 Å². The van der Waals surface area contributed by atoms with E-state index in [2.05, 4.69) is 35.5 Å². The minimum atomic E-state index is -0.532. The smallest absolute Gasteiger partial charge is 0.305 e. The van der Waals surface area contributed by atoms with Crippen molar-refractivity contribution in [1.82, 2.24) is 0 Å². The van der Waals surface area contributed by atoms with Crippen LogP contribution in [0.25, 0.3) is 0 Å². The van der Waals surface area contributed by atoms with E-state index in [9.17, 15) is 9.59 Å². The molecule has 184 valence electrons. The average Bonchev–Trinajstić information content (AvgIpc) is 3.38. The van der Waals surface area contributed by atoms with E-state index in [1.807, 2.05) is 6.92 Å². The lowest BCUT2D eigenvalue weighted by Gasteiger charge is -2.35. The van der Waals surface area contributed by atoms with Crippen LogP contribution in [0.3, 0.4) is 0 Å². The summed E-state index contributed by atoms with van der Waals surface area (Å²) >= 11 is 0. The van der Waals surface area contributed by atoms with Crippen molar-refractivity contribution >= 4 is 21.2 Å². The normalized spacial score (nSPS) is 27.2. The number of carbonyl (C=O) groups excluding carboxylic acids is 2. The molecule has 0 radical (unpaired) electrons. The number of allylic oxidation sites excluding steroid dienone is 2. The fourth-order valence-corrected chi connectivity index (χ4v) is 5.41. The number of hydrogen-bond donors (Lipinski definition) is 0. The molecule has 2 aliphatic rings. The van der Waals surface area contributed by atoms with Crippen molar-refractivity contribution in [3.05, 3.63) is 12.2 Å². The van der Waals surface area contributed by atoms with Crippen LogP contribution in [0, 0.1) is 23.7 Å². The van der Waals surface area contributed by atoms with Crippen LogP contribution in [0.5, 0.6) is 0 Å². The molecule has 32 heavy (non-hydrogen) atoms. The zero-order valence-corrected chi connectivity index (χ0v) is 21.5. The summed E-state index contributed by atoms with van der Waals surface area (Å²) in [5, 5.41) is 0. The van der Waals surface area contributed by atoms with Crippen molar-refractivity contribution in [1.29, 1.82) is 0 Å². The molecule has 6 nitrogen and oxygen atoms in total. The summed E-state index contributed by atoms with van der Waals surface area (Å²) in [6.45, 7) is 7.73. The van der Waals surface area contributed by atoms with Gasteiger partial charge in [-0.05, 0) is 37.5 Å². The van der Waals surface area contributed by atoms with Crippen LogP contribution in [0.2, 0.25) is 0 Å². The molecule has 2 fully saturated rings. The molecule has 6 atom stereocenters. The number of ketones is 1. The number of ether oxygens (including phenoxy) is 3. The maximum atomic E-state index is 12.8. The van der Waals surface area contributed by atoms with Crippen molar-refractivity contribution in [3.8, 4) is 0 Å². The SMILES string of the molecule is CCCCC(C)C1(CC[C@H]2C(OP)CC(=O)C2C/C=C\CC(C)CC(=O)OC)OCCO1. The zero-order valence-electron chi connectivity index (χ0n) is 20.3. The lowest BCUT2D eigenvalue weighted by atomic mass is 9.83. The maximum Gasteiger partial charge on any atom is 0.305 e. The predicted molar refractivity (Wildman–Crippen MR) is 128 cm³/mol. The second-order valence-corrected chi connectivity index (χ2v) is 9.81. The zero-order chi connectivity index (χ0) is 23.6. The van der Waals surface area contributed by atoms with E-state index >= 15 is 0 Å². The fourth-order valence-electron chi connectivity index (χ4n) is 5.11. The first-order valence-corrected chi connectivity index (χ1v) is 12.7. The Morgan fingerprint density at radius 3 is 2.62 bits per heavy atom. The van der Waals surface area contributed by atoms with E-state index in [0.717, 1.165) is 38.5 Å². The van der Waals surface area contributed by atoms with Crippen LogP contribution in [0.1, 0.15) is 78.6 Å². The molecule has 0 N–H and O–H groups in total. The Bertz CT molecular complexity index is 616. The van der Waals surface area contributed by atoms with E-state index in [1.165, 1.54) is 7.11 Å². The molecule has 7 heteroatoms. The van der Waals surface area contributed by atoms with Gasteiger partial charge in [-0.1, -0.05) is 45.8 Å². The summed E-state index contributed by atoms with van der Waals surface area (Å²) in [6.07, 6.45) is 11.5. The second kappa shape index (κ2) is 13.8. The summed E-state index contributed by atoms with van der Waals surface area (Å²) in [4.78, 5) is 24.2. The van der Waals surface area contributed by atoms with Crippen molar-refractivity contribution in [2.45, 2.75) is 90.4 Å². The number of unbranched alkanes of at least 4 members (excludes halogenated alkanes) is 1. The molecule has 0 spiro atoms. The average molecular weight is 471 g/mol. The Labute approximate surface area is 196 Å². The molecular formula is C25H43O6P. The number of Topliss-reactive ketones (excluding diaryl/α,β-unsaturated/α-hetero) is 1. The summed E-state index contributed by atoms with van der Waals surface area (Å²) in [6, 6.07) is 0. The van der Waals surface area contributed by atoms with Crippen molar-refractivity contribution < 1.29 is 28.3 Å². The number of hydrogen-bond acceptors (Lipinski definition) is 6. The van der Waals surface area contributed by atoms with Crippen molar-refractivity contribution in [2.24, 2.45) is 23.7 Å². The van der Waals surface area contributed by atoms with Gasteiger partial charge in [-0.3, -0.25) is 9.59 Å². The van der Waals surface area contributed by atoms with Gasteiger partial charge in [0.2, 0.25) is 0 Å². The molecule has 0 amide bonds. The highest BCUT2D eigenvalue weighted by Crippen LogP contribution is 2.43. The molecule has 0 aromatic carbocycles. The summed E-state index contributed by atoms with van der Waals surface area (Å²) in [7, 11) is 3.77. The van der Waals surface area contributed by atoms with Gasteiger partial charge in [-0.25, -0.2) is 0 Å². The van der Waals surface area contributed by atoms with Crippen LogP contribution in [0.4, 0.5) is 0 Å². The molecule has 0 aromatic heterocycles. The van der Waals surface area contributed by atoms with Gasteiger partial charge in [-0.2, -0.15) is 0 Å². The van der Waals surface area contributed by atoms with E-state index in [0.29, 0.717) is 38.4 Å². The number of esters is 1. The van der Waals surface area contributed by atoms with E-state index in [-0.39, 0.29) is 35.6 Å². The Hall–Kier alpha value is -0.810. The standard InChI is InChI=1S/C25H43O6P/c1-5-6-10-19(3)25(29-14-15-30-25)13-12-21-20(22(26)17-23(21)31-32)11-8-7-9-18(2)16-24(27)28-4/h7-8,18-21,23H,5-6,9-17,32H2,1-4H3/b8-7-/t18?,19?,20?,21-,23?/m1/s1. The van der Waals surface area contributed by atoms with Crippen LogP contribution >= 0.6 is 9.47 Å². The van der Waals surface area contributed by atoms with Gasteiger partial charge in [0.05, 0.1) is 26.4 Å². The van der Waals surface area contributed by atoms with Gasteiger partial charge in [0.25, 0.3) is 0 Å². The highest BCUT2D eigenvalue weighted by atomic mass is 31.0. The third-order valence-electron chi connectivity index (χ3n) is 7.17. The first kappa shape index (κ1) is 27.4. The molecule has 2 rings (SSSR count). The summed E-state index contributed by atoms with van der Waals surface area (Å²) < 4.78 is 22.7. The molecule has 0 aromatic rings. The third kappa shape index (κ3) is 7.62. The maximum absolute atomic E-state index is 12.8. The van der Waals surface area contributed by atoms with Crippen LogP contribution in [-0.4, -0.2) is 44.0 Å². The van der Waals surface area contributed by atoms with Crippen LogP contribution in [-0.2, 0) is 28.3 Å². The Balaban J connectivity index is 1.96. The number of carbonyl (C=O) groups is 2. The minimum Gasteiger partial charge on any atom is -0.469 e. The number of methoxy groups -OCH3 is 1. The van der Waals surface area contributed by atoms with E-state index < -0.39 is 5.79 Å². The van der Waals surface area contributed by atoms with E-state index in [4.69, 9.17) is 18.7 Å². The molecule has 0 bridgehead atoms. The van der Waals surface area contributed by atoms with Crippen LogP contribution < -0.4 is 0 Å². The number of rotatable bonds is 14. The predicted octanol–water partition coefficient (Wildman–Crippen LogP) is 5.25. The van der Waals surface area contributed by atoms with Gasteiger partial charge >= 0.3 is 5.97 Å².